The summed E-state index contributed by atoms with van der Waals surface area (Å²) in [7, 11) is 0. The van der Waals surface area contributed by atoms with E-state index >= 15 is 0 Å². The van der Waals surface area contributed by atoms with E-state index in [1.54, 1.807) is 12.1 Å². The van der Waals surface area contributed by atoms with Gasteiger partial charge < -0.3 is 15.3 Å². The third-order valence-electron chi connectivity index (χ3n) is 3.67. The second kappa shape index (κ2) is 5.81. The minimum Gasteiger partial charge on any atom is -0.480 e. The van der Waals surface area contributed by atoms with Gasteiger partial charge in [0.15, 0.2) is 0 Å². The summed E-state index contributed by atoms with van der Waals surface area (Å²) in [5.74, 6) is -1.80. The number of hydrogen-bond acceptors (Lipinski definition) is 3. The van der Waals surface area contributed by atoms with E-state index in [1.807, 2.05) is 0 Å². The van der Waals surface area contributed by atoms with Gasteiger partial charge in [0.2, 0.25) is 0 Å². The van der Waals surface area contributed by atoms with Crippen LogP contribution >= 0.6 is 0 Å². The molecule has 1 atom stereocenters. The monoisotopic (exact) mass is 312 g/mol. The Morgan fingerprint density at radius 1 is 1.09 bits per heavy atom. The average Bonchev–Trinajstić information content (AvgIpc) is 2.53. The molecule has 23 heavy (non-hydrogen) atoms. The van der Waals surface area contributed by atoms with Gasteiger partial charge >= 0.3 is 17.9 Å². The fourth-order valence-electron chi connectivity index (χ4n) is 2.58. The lowest BCUT2D eigenvalue weighted by molar-refractivity contribution is -0.142. The second-order valence-corrected chi connectivity index (χ2v) is 5.02. The van der Waals surface area contributed by atoms with Gasteiger partial charge in [-0.1, -0.05) is 24.1 Å². The molecule has 2 rings (SSSR count). The average molecular weight is 312 g/mol. The van der Waals surface area contributed by atoms with Gasteiger partial charge in [0, 0.05) is 17.6 Å². The van der Waals surface area contributed by atoms with E-state index in [-0.39, 0.29) is 16.7 Å². The van der Waals surface area contributed by atoms with Crippen LogP contribution < -0.4 is 0 Å². The van der Waals surface area contributed by atoms with Crippen molar-refractivity contribution in [3.63, 3.8) is 0 Å². The molecule has 1 aliphatic rings. The first-order valence-corrected chi connectivity index (χ1v) is 6.51. The van der Waals surface area contributed by atoms with Crippen LogP contribution in [0.5, 0.6) is 0 Å². The molecule has 0 spiro atoms. The van der Waals surface area contributed by atoms with Gasteiger partial charge in [-0.25, -0.2) is 9.59 Å². The molecule has 0 heterocycles. The zero-order valence-electron chi connectivity index (χ0n) is 11.8. The second-order valence-electron chi connectivity index (χ2n) is 5.02. The molecular weight excluding hydrogens is 300 g/mol. The summed E-state index contributed by atoms with van der Waals surface area (Å²) in [4.78, 5) is 34.5. The fraction of sp³-hybridized carbons (Fsp3) is 0.118. The molecule has 3 N–H and O–H groups in total. The zero-order chi connectivity index (χ0) is 17.2. The first-order valence-electron chi connectivity index (χ1n) is 6.51. The first kappa shape index (κ1) is 16.0. The minimum atomic E-state index is -1.85. The molecule has 0 amide bonds. The van der Waals surface area contributed by atoms with Gasteiger partial charge in [0.25, 0.3) is 0 Å². The van der Waals surface area contributed by atoms with E-state index in [2.05, 4.69) is 5.92 Å². The number of rotatable bonds is 4. The largest absolute Gasteiger partial charge is 0.480 e. The van der Waals surface area contributed by atoms with Gasteiger partial charge in [0.1, 0.15) is 5.41 Å². The zero-order valence-corrected chi connectivity index (χ0v) is 11.8. The molecular formula is C17H12O6. The number of carboxylic acids is 3. The van der Waals surface area contributed by atoms with Crippen molar-refractivity contribution < 1.29 is 29.7 Å². The summed E-state index contributed by atoms with van der Waals surface area (Å²) >= 11 is 0. The lowest BCUT2D eigenvalue weighted by atomic mass is 9.70. The van der Waals surface area contributed by atoms with Crippen molar-refractivity contribution in [2.45, 2.75) is 11.8 Å². The Morgan fingerprint density at radius 3 is 2.26 bits per heavy atom. The maximum Gasteiger partial charge on any atom is 0.335 e. The highest BCUT2D eigenvalue weighted by molar-refractivity contribution is 6.00. The Balaban J connectivity index is 2.79. The van der Waals surface area contributed by atoms with E-state index in [1.165, 1.54) is 12.1 Å². The molecule has 0 saturated carbocycles. The topological polar surface area (TPSA) is 112 Å². The maximum absolute atomic E-state index is 12.0. The summed E-state index contributed by atoms with van der Waals surface area (Å²) < 4.78 is 0. The van der Waals surface area contributed by atoms with Crippen LogP contribution in [0.4, 0.5) is 0 Å². The van der Waals surface area contributed by atoms with Crippen LogP contribution in [-0.4, -0.2) is 33.2 Å². The molecule has 0 radical (unpaired) electrons. The quantitative estimate of drug-likeness (QED) is 0.725. The molecule has 6 heteroatoms. The van der Waals surface area contributed by atoms with E-state index in [4.69, 9.17) is 6.42 Å². The third kappa shape index (κ3) is 2.72. The van der Waals surface area contributed by atoms with Gasteiger partial charge in [-0.05, 0) is 23.8 Å². The van der Waals surface area contributed by atoms with Crippen LogP contribution in [0.2, 0.25) is 0 Å². The van der Waals surface area contributed by atoms with Gasteiger partial charge in [-0.2, -0.15) is 0 Å². The van der Waals surface area contributed by atoms with E-state index in [9.17, 15) is 29.7 Å². The molecule has 1 unspecified atom stereocenters. The number of benzene rings is 1. The Bertz CT molecular complexity index is 809. The summed E-state index contributed by atoms with van der Waals surface area (Å²) in [6, 6.07) is 6.16. The van der Waals surface area contributed by atoms with Crippen LogP contribution in [0.25, 0.3) is 0 Å². The molecule has 116 valence electrons. The van der Waals surface area contributed by atoms with Gasteiger partial charge in [0.05, 0.1) is 5.57 Å². The van der Waals surface area contributed by atoms with Crippen molar-refractivity contribution in [1.29, 1.82) is 0 Å². The van der Waals surface area contributed by atoms with Gasteiger partial charge in [-0.3, -0.25) is 4.79 Å². The molecule has 0 aromatic heterocycles. The van der Waals surface area contributed by atoms with Crippen molar-refractivity contribution in [2.75, 3.05) is 0 Å². The number of aliphatic carboxylic acids is 3. The molecule has 1 aromatic carbocycles. The highest BCUT2D eigenvalue weighted by Crippen LogP contribution is 2.39. The van der Waals surface area contributed by atoms with Crippen molar-refractivity contribution in [2.24, 2.45) is 0 Å². The SMILES string of the molecule is C#Cc1ccccc1C1(C(=O)O)C=C(C(=O)O)C=C(C(=O)O)C1. The number of terminal acetylenes is 1. The van der Waals surface area contributed by atoms with Crippen LogP contribution in [-0.2, 0) is 19.8 Å². The van der Waals surface area contributed by atoms with E-state index < -0.39 is 35.3 Å². The Labute approximate surface area is 131 Å². The Kier molecular flexibility index (Phi) is 4.06. The summed E-state index contributed by atoms with van der Waals surface area (Å²) in [6.07, 6.45) is 7.00. The van der Waals surface area contributed by atoms with Crippen LogP contribution in [0, 0.1) is 12.3 Å². The predicted octanol–water partition coefficient (Wildman–Crippen LogP) is 1.42. The Morgan fingerprint density at radius 2 is 1.74 bits per heavy atom. The molecule has 0 aliphatic heterocycles. The maximum atomic E-state index is 12.0. The standard InChI is InChI=1S/C17H12O6/c1-2-10-5-3-4-6-13(10)17(16(22)23)8-11(14(18)19)7-12(9-17)15(20)21/h1,3-8H,9H2,(H,18,19)(H,20,21)(H,22,23). The first-order chi connectivity index (χ1) is 10.8. The van der Waals surface area contributed by atoms with E-state index in [0.717, 1.165) is 12.2 Å². The van der Waals surface area contributed by atoms with Crippen LogP contribution in [0.1, 0.15) is 17.5 Å². The Hall–Kier alpha value is -3.33. The highest BCUT2D eigenvalue weighted by atomic mass is 16.4. The molecule has 1 aromatic rings. The molecule has 6 nitrogen and oxygen atoms in total. The number of carboxylic acid groups (broad SMARTS) is 3. The molecule has 0 fully saturated rings. The van der Waals surface area contributed by atoms with Crippen molar-refractivity contribution in [3.05, 3.63) is 58.7 Å². The summed E-state index contributed by atoms with van der Waals surface area (Å²) in [6.45, 7) is 0. The van der Waals surface area contributed by atoms with Crippen LogP contribution in [0.15, 0.2) is 47.6 Å². The lowest BCUT2D eigenvalue weighted by Crippen LogP contribution is -2.38. The number of carbonyl (C=O) groups is 3. The molecule has 0 bridgehead atoms. The normalized spacial score (nSPS) is 20.0. The molecule has 1 aliphatic carbocycles. The van der Waals surface area contributed by atoms with Gasteiger partial charge in [-0.15, -0.1) is 6.42 Å². The smallest absolute Gasteiger partial charge is 0.335 e. The van der Waals surface area contributed by atoms with Crippen molar-refractivity contribution in [1.82, 2.24) is 0 Å². The molecule has 0 saturated heterocycles. The van der Waals surface area contributed by atoms with E-state index in [0.29, 0.717) is 0 Å². The van der Waals surface area contributed by atoms with Crippen LogP contribution in [0.3, 0.4) is 0 Å². The fourth-order valence-corrected chi connectivity index (χ4v) is 2.58. The highest BCUT2D eigenvalue weighted by Gasteiger charge is 2.44. The third-order valence-corrected chi connectivity index (χ3v) is 3.67. The summed E-state index contributed by atoms with van der Waals surface area (Å²) in [5.41, 5.74) is -2.11. The number of hydrogen-bond donors (Lipinski definition) is 3. The summed E-state index contributed by atoms with van der Waals surface area (Å²) in [5, 5.41) is 28.1. The van der Waals surface area contributed by atoms with Crippen molar-refractivity contribution in [3.8, 4) is 12.3 Å². The predicted molar refractivity (Wildman–Crippen MR) is 79.7 cm³/mol. The lowest BCUT2D eigenvalue weighted by Gasteiger charge is -2.31. The van der Waals surface area contributed by atoms with Crippen molar-refractivity contribution >= 4 is 17.9 Å². The minimum absolute atomic E-state index is 0.181.